The van der Waals surface area contributed by atoms with E-state index >= 15 is 0 Å². The molecule has 168 valence electrons. The fourth-order valence-corrected chi connectivity index (χ4v) is 5.59. The van der Waals surface area contributed by atoms with Crippen molar-refractivity contribution in [3.8, 4) is 0 Å². The standard InChI is InChI=1S/C24H38N2O3S/c1-23(2,3)29-22(27)26-19(17-18-11-7-6-8-12-18)20(28-24(26,4)5)14-16-30-21-13-9-10-15-25-21/h9-10,13,15,18-20H,6-8,11-12,14,16-17H2,1-5H3. The van der Waals surface area contributed by atoms with Gasteiger partial charge >= 0.3 is 6.09 Å². The monoisotopic (exact) mass is 434 g/mol. The van der Waals surface area contributed by atoms with Crippen molar-refractivity contribution in [2.45, 2.75) is 108 Å². The van der Waals surface area contributed by atoms with Crippen LogP contribution in [0.15, 0.2) is 29.4 Å². The van der Waals surface area contributed by atoms with Gasteiger partial charge in [-0.25, -0.2) is 9.78 Å². The summed E-state index contributed by atoms with van der Waals surface area (Å²) in [6, 6.07) is 6.05. The zero-order valence-electron chi connectivity index (χ0n) is 19.2. The molecule has 0 spiro atoms. The van der Waals surface area contributed by atoms with E-state index in [0.29, 0.717) is 5.92 Å². The summed E-state index contributed by atoms with van der Waals surface area (Å²) < 4.78 is 12.3. The van der Waals surface area contributed by atoms with E-state index < -0.39 is 11.3 Å². The molecular weight excluding hydrogens is 396 g/mol. The summed E-state index contributed by atoms with van der Waals surface area (Å²) >= 11 is 1.75. The second-order valence-corrected chi connectivity index (χ2v) is 11.2. The lowest BCUT2D eigenvalue weighted by Gasteiger charge is -2.37. The molecule has 1 saturated carbocycles. The average Bonchev–Trinajstić information content (AvgIpc) is 2.91. The molecule has 3 rings (SSSR count). The number of thioether (sulfide) groups is 1. The minimum atomic E-state index is -0.665. The van der Waals surface area contributed by atoms with Crippen LogP contribution in [0.5, 0.6) is 0 Å². The van der Waals surface area contributed by atoms with E-state index in [0.717, 1.165) is 23.6 Å². The van der Waals surface area contributed by atoms with Crippen LogP contribution >= 0.6 is 11.8 Å². The second kappa shape index (κ2) is 9.90. The Bertz CT molecular complexity index is 683. The normalized spacial score (nSPS) is 24.8. The van der Waals surface area contributed by atoms with E-state index in [1.807, 2.05) is 63.9 Å². The minimum Gasteiger partial charge on any atom is -0.444 e. The van der Waals surface area contributed by atoms with Gasteiger partial charge in [-0.05, 0) is 65.5 Å². The molecular formula is C24H38N2O3S. The number of nitrogens with zero attached hydrogens (tertiary/aromatic N) is 2. The highest BCUT2D eigenvalue weighted by atomic mass is 32.2. The molecule has 0 N–H and O–H groups in total. The van der Waals surface area contributed by atoms with E-state index in [4.69, 9.17) is 9.47 Å². The predicted octanol–water partition coefficient (Wildman–Crippen LogP) is 6.27. The van der Waals surface area contributed by atoms with Crippen LogP contribution in [0.3, 0.4) is 0 Å². The molecule has 2 heterocycles. The molecule has 1 aliphatic heterocycles. The molecule has 1 aliphatic carbocycles. The molecule has 2 unspecified atom stereocenters. The van der Waals surface area contributed by atoms with Crippen molar-refractivity contribution in [2.24, 2.45) is 5.92 Å². The zero-order chi connectivity index (χ0) is 21.8. The number of hydrogen-bond acceptors (Lipinski definition) is 5. The van der Waals surface area contributed by atoms with Crippen molar-refractivity contribution >= 4 is 17.9 Å². The van der Waals surface area contributed by atoms with Crippen LogP contribution in [-0.4, -0.2) is 45.2 Å². The van der Waals surface area contributed by atoms with Crippen LogP contribution < -0.4 is 0 Å². The van der Waals surface area contributed by atoms with E-state index in [-0.39, 0.29) is 18.2 Å². The fraction of sp³-hybridized carbons (Fsp3) is 0.750. The fourth-order valence-electron chi connectivity index (χ4n) is 4.72. The van der Waals surface area contributed by atoms with Crippen molar-refractivity contribution in [3.05, 3.63) is 24.4 Å². The van der Waals surface area contributed by atoms with Gasteiger partial charge in [0.15, 0.2) is 0 Å². The lowest BCUT2D eigenvalue weighted by atomic mass is 9.83. The number of aromatic nitrogens is 1. The number of carbonyl (C=O) groups excluding carboxylic acids is 1. The first-order chi connectivity index (χ1) is 14.2. The third kappa shape index (κ3) is 6.36. The summed E-state index contributed by atoms with van der Waals surface area (Å²) in [6.07, 6.45) is 9.93. The van der Waals surface area contributed by atoms with E-state index in [2.05, 4.69) is 4.98 Å². The maximum atomic E-state index is 13.2. The summed E-state index contributed by atoms with van der Waals surface area (Å²) in [5, 5.41) is 1.03. The average molecular weight is 435 g/mol. The van der Waals surface area contributed by atoms with Gasteiger partial charge in [-0.2, -0.15) is 0 Å². The number of carbonyl (C=O) groups is 1. The number of ether oxygens (including phenoxy) is 2. The number of amides is 1. The highest BCUT2D eigenvalue weighted by Crippen LogP contribution is 2.40. The predicted molar refractivity (Wildman–Crippen MR) is 122 cm³/mol. The molecule has 1 saturated heterocycles. The van der Waals surface area contributed by atoms with Crippen molar-refractivity contribution in [1.29, 1.82) is 0 Å². The number of hydrogen-bond donors (Lipinski definition) is 0. The van der Waals surface area contributed by atoms with Gasteiger partial charge in [0.25, 0.3) is 0 Å². The van der Waals surface area contributed by atoms with Crippen LogP contribution in [0, 0.1) is 5.92 Å². The Morgan fingerprint density at radius 1 is 1.27 bits per heavy atom. The Balaban J connectivity index is 1.72. The van der Waals surface area contributed by atoms with Gasteiger partial charge in [0, 0.05) is 11.9 Å². The van der Waals surface area contributed by atoms with Gasteiger partial charge in [-0.1, -0.05) is 38.2 Å². The summed E-state index contributed by atoms with van der Waals surface area (Å²) in [6.45, 7) is 9.76. The van der Waals surface area contributed by atoms with Crippen LogP contribution in [0.1, 0.15) is 79.6 Å². The number of rotatable bonds is 6. The van der Waals surface area contributed by atoms with Gasteiger partial charge in [-0.15, -0.1) is 11.8 Å². The van der Waals surface area contributed by atoms with Crippen LogP contribution in [-0.2, 0) is 9.47 Å². The highest BCUT2D eigenvalue weighted by Gasteiger charge is 2.51. The lowest BCUT2D eigenvalue weighted by Crippen LogP contribution is -2.50. The molecule has 2 atom stereocenters. The van der Waals surface area contributed by atoms with Crippen molar-refractivity contribution in [1.82, 2.24) is 9.88 Å². The summed E-state index contributed by atoms with van der Waals surface area (Å²) in [4.78, 5) is 19.5. The molecule has 2 aliphatic rings. The van der Waals surface area contributed by atoms with Crippen LogP contribution in [0.2, 0.25) is 0 Å². The van der Waals surface area contributed by atoms with Crippen molar-refractivity contribution in [3.63, 3.8) is 0 Å². The first kappa shape index (κ1) is 23.4. The molecule has 6 heteroatoms. The first-order valence-electron chi connectivity index (χ1n) is 11.4. The SMILES string of the molecule is CC(C)(C)OC(=O)N1C(CC2CCCCC2)C(CCSc2ccccn2)OC1(C)C. The van der Waals surface area contributed by atoms with Crippen molar-refractivity contribution in [2.75, 3.05) is 5.75 Å². The van der Waals surface area contributed by atoms with Gasteiger partial charge in [0.2, 0.25) is 0 Å². The third-order valence-electron chi connectivity index (χ3n) is 5.96. The Hall–Kier alpha value is -1.27. The van der Waals surface area contributed by atoms with Gasteiger partial charge in [-0.3, -0.25) is 4.90 Å². The van der Waals surface area contributed by atoms with Gasteiger partial charge < -0.3 is 9.47 Å². The molecule has 1 aromatic rings. The molecule has 0 radical (unpaired) electrons. The smallest absolute Gasteiger partial charge is 0.412 e. The molecule has 5 nitrogen and oxygen atoms in total. The van der Waals surface area contributed by atoms with Crippen LogP contribution in [0.25, 0.3) is 0 Å². The Labute approximate surface area is 186 Å². The number of pyridine rings is 1. The van der Waals surface area contributed by atoms with E-state index in [9.17, 15) is 4.79 Å². The largest absolute Gasteiger partial charge is 0.444 e. The maximum Gasteiger partial charge on any atom is 0.412 e. The summed E-state index contributed by atoms with van der Waals surface area (Å²) in [5.41, 5.74) is -1.18. The quantitative estimate of drug-likeness (QED) is 0.494. The summed E-state index contributed by atoms with van der Waals surface area (Å²) in [7, 11) is 0. The molecule has 1 amide bonds. The van der Waals surface area contributed by atoms with Gasteiger partial charge in [0.05, 0.1) is 17.2 Å². The maximum absolute atomic E-state index is 13.2. The Kier molecular flexibility index (Phi) is 7.72. The minimum absolute atomic E-state index is 0.0191. The van der Waals surface area contributed by atoms with E-state index in [1.54, 1.807) is 11.8 Å². The lowest BCUT2D eigenvalue weighted by molar-refractivity contribution is -0.0790. The Morgan fingerprint density at radius 2 is 2.00 bits per heavy atom. The molecule has 30 heavy (non-hydrogen) atoms. The topological polar surface area (TPSA) is 51.7 Å². The van der Waals surface area contributed by atoms with E-state index in [1.165, 1.54) is 32.1 Å². The molecule has 0 aromatic carbocycles. The molecule has 0 bridgehead atoms. The third-order valence-corrected chi connectivity index (χ3v) is 6.94. The second-order valence-electron chi connectivity index (χ2n) is 10.1. The Morgan fingerprint density at radius 3 is 2.63 bits per heavy atom. The highest BCUT2D eigenvalue weighted by molar-refractivity contribution is 7.99. The molecule has 1 aromatic heterocycles. The van der Waals surface area contributed by atoms with Gasteiger partial charge in [0.1, 0.15) is 11.3 Å². The first-order valence-corrected chi connectivity index (χ1v) is 12.4. The summed E-state index contributed by atoms with van der Waals surface area (Å²) in [5.74, 6) is 1.58. The van der Waals surface area contributed by atoms with Crippen molar-refractivity contribution < 1.29 is 14.3 Å². The zero-order valence-corrected chi connectivity index (χ0v) is 20.0. The molecule has 2 fully saturated rings. The van der Waals surface area contributed by atoms with Crippen LogP contribution in [0.4, 0.5) is 4.79 Å².